The Bertz CT molecular complexity index is 446. The van der Waals surface area contributed by atoms with Crippen LogP contribution in [0.2, 0.25) is 0 Å². The van der Waals surface area contributed by atoms with E-state index in [1.165, 1.54) is 0 Å². The number of carbonyl (C=O) groups excluding carboxylic acids is 1. The number of sulfone groups is 1. The van der Waals surface area contributed by atoms with Gasteiger partial charge in [-0.05, 0) is 33.6 Å². The Morgan fingerprint density at radius 2 is 1.84 bits per heavy atom. The topological polar surface area (TPSA) is 63.7 Å². The Labute approximate surface area is 115 Å². The van der Waals surface area contributed by atoms with Crippen LogP contribution < -0.4 is 0 Å². The van der Waals surface area contributed by atoms with Crippen molar-refractivity contribution in [2.75, 3.05) is 18.8 Å². The van der Waals surface area contributed by atoms with Crippen LogP contribution >= 0.6 is 0 Å². The number of carbonyl (C=O) groups is 1. The summed E-state index contributed by atoms with van der Waals surface area (Å²) in [7, 11) is -2.95. The van der Waals surface area contributed by atoms with Crippen LogP contribution in [-0.4, -0.2) is 49.1 Å². The minimum Gasteiger partial charge on any atom is -0.444 e. The molecule has 0 aromatic carbocycles. The molecule has 19 heavy (non-hydrogen) atoms. The highest BCUT2D eigenvalue weighted by molar-refractivity contribution is 7.92. The molecule has 2 rings (SSSR count). The second-order valence-electron chi connectivity index (χ2n) is 6.55. The van der Waals surface area contributed by atoms with Gasteiger partial charge in [-0.25, -0.2) is 13.2 Å². The smallest absolute Gasteiger partial charge is 0.410 e. The van der Waals surface area contributed by atoms with Gasteiger partial charge in [0.05, 0.1) is 11.0 Å². The molecule has 2 aliphatic rings. The fraction of sp³-hybridized carbons (Fsp3) is 0.923. The summed E-state index contributed by atoms with van der Waals surface area (Å²) < 4.78 is 29.2. The summed E-state index contributed by atoms with van der Waals surface area (Å²) in [5.41, 5.74) is -0.501. The van der Waals surface area contributed by atoms with Gasteiger partial charge < -0.3 is 9.64 Å². The highest BCUT2D eigenvalue weighted by Crippen LogP contribution is 2.32. The summed E-state index contributed by atoms with van der Waals surface area (Å²) in [6.45, 7) is 6.51. The Kier molecular flexibility index (Phi) is 3.82. The monoisotopic (exact) mass is 289 g/mol. The van der Waals surface area contributed by atoms with Crippen molar-refractivity contribution in [3.8, 4) is 0 Å². The van der Waals surface area contributed by atoms with Gasteiger partial charge in [-0.15, -0.1) is 0 Å². The number of rotatable bonds is 1. The van der Waals surface area contributed by atoms with E-state index in [9.17, 15) is 13.2 Å². The average molecular weight is 289 g/mol. The predicted octanol–water partition coefficient (Wildman–Crippen LogP) is 1.82. The third kappa shape index (κ3) is 3.41. The van der Waals surface area contributed by atoms with Gasteiger partial charge in [0.25, 0.3) is 0 Å². The third-order valence-corrected chi connectivity index (χ3v) is 6.12. The fourth-order valence-corrected chi connectivity index (χ4v) is 4.93. The molecule has 0 bridgehead atoms. The fourth-order valence-electron chi connectivity index (χ4n) is 2.73. The Morgan fingerprint density at radius 3 is 2.37 bits per heavy atom. The zero-order valence-corrected chi connectivity index (χ0v) is 12.7. The molecule has 2 fully saturated rings. The van der Waals surface area contributed by atoms with Gasteiger partial charge in [-0.1, -0.05) is 6.42 Å². The second-order valence-corrected chi connectivity index (χ2v) is 8.89. The zero-order chi connectivity index (χ0) is 14.3. The molecule has 0 aromatic heterocycles. The lowest BCUT2D eigenvalue weighted by molar-refractivity contribution is -0.00205. The first-order valence-corrected chi connectivity index (χ1v) is 8.60. The summed E-state index contributed by atoms with van der Waals surface area (Å²) in [6, 6.07) is 0. The molecule has 1 amide bonds. The van der Waals surface area contributed by atoms with Gasteiger partial charge in [-0.2, -0.15) is 0 Å². The summed E-state index contributed by atoms with van der Waals surface area (Å²) in [4.78, 5) is 13.4. The van der Waals surface area contributed by atoms with E-state index >= 15 is 0 Å². The van der Waals surface area contributed by atoms with Crippen LogP contribution in [0.1, 0.15) is 40.0 Å². The van der Waals surface area contributed by atoms with Crippen molar-refractivity contribution in [3.63, 3.8) is 0 Å². The molecule has 2 saturated heterocycles. The molecule has 0 radical (unpaired) electrons. The maximum atomic E-state index is 12.0. The van der Waals surface area contributed by atoms with Crippen molar-refractivity contribution in [2.45, 2.75) is 50.9 Å². The van der Waals surface area contributed by atoms with Crippen molar-refractivity contribution in [3.05, 3.63) is 0 Å². The van der Waals surface area contributed by atoms with E-state index in [1.54, 1.807) is 4.90 Å². The Hall–Kier alpha value is -0.780. The number of ether oxygens (including phenoxy) is 1. The number of nitrogens with zero attached hydrogens (tertiary/aromatic N) is 1. The normalized spacial score (nSPS) is 27.7. The minimum absolute atomic E-state index is 0.0952. The maximum Gasteiger partial charge on any atom is 0.410 e. The van der Waals surface area contributed by atoms with Gasteiger partial charge in [-0.3, -0.25) is 0 Å². The third-order valence-electron chi connectivity index (χ3n) is 3.72. The SMILES string of the molecule is CC(C)(C)OC(=O)N1CC(C2CCCCS2(=O)=O)C1. The molecule has 110 valence electrons. The first-order valence-electron chi connectivity index (χ1n) is 6.88. The van der Waals surface area contributed by atoms with Crippen molar-refractivity contribution >= 4 is 15.9 Å². The Balaban J connectivity index is 1.88. The molecular weight excluding hydrogens is 266 g/mol. The van der Waals surface area contributed by atoms with Gasteiger partial charge >= 0.3 is 6.09 Å². The molecule has 6 heteroatoms. The molecule has 0 spiro atoms. The van der Waals surface area contributed by atoms with E-state index in [0.29, 0.717) is 18.8 Å². The molecule has 0 saturated carbocycles. The molecule has 0 N–H and O–H groups in total. The van der Waals surface area contributed by atoms with Crippen LogP contribution in [0.3, 0.4) is 0 Å². The van der Waals surface area contributed by atoms with Crippen LogP contribution in [-0.2, 0) is 14.6 Å². The first-order chi connectivity index (χ1) is 8.69. The zero-order valence-electron chi connectivity index (χ0n) is 11.9. The van der Waals surface area contributed by atoms with E-state index in [0.717, 1.165) is 19.3 Å². The largest absolute Gasteiger partial charge is 0.444 e. The summed E-state index contributed by atoms with van der Waals surface area (Å²) in [6.07, 6.45) is 2.17. The molecule has 2 heterocycles. The standard InChI is InChI=1S/C13H23NO4S/c1-13(2,3)18-12(15)14-8-10(9-14)11-6-4-5-7-19(11,16)17/h10-11H,4-9H2,1-3H3. The van der Waals surface area contributed by atoms with E-state index in [4.69, 9.17) is 4.74 Å². The average Bonchev–Trinajstić information content (AvgIpc) is 2.15. The summed E-state index contributed by atoms with van der Waals surface area (Å²) in [5.74, 6) is 0.401. The van der Waals surface area contributed by atoms with E-state index in [1.807, 2.05) is 20.8 Å². The first kappa shape index (κ1) is 14.6. The lowest BCUT2D eigenvalue weighted by atomic mass is 9.93. The van der Waals surface area contributed by atoms with Gasteiger partial charge in [0, 0.05) is 19.0 Å². The molecule has 2 aliphatic heterocycles. The van der Waals surface area contributed by atoms with Gasteiger partial charge in [0.1, 0.15) is 5.60 Å². The van der Waals surface area contributed by atoms with Crippen molar-refractivity contribution in [1.29, 1.82) is 0 Å². The van der Waals surface area contributed by atoms with Crippen LogP contribution in [0, 0.1) is 5.92 Å². The number of hydrogen-bond donors (Lipinski definition) is 0. The highest BCUT2D eigenvalue weighted by atomic mass is 32.2. The van der Waals surface area contributed by atoms with Crippen LogP contribution in [0.4, 0.5) is 4.79 Å². The lowest BCUT2D eigenvalue weighted by Crippen LogP contribution is -2.57. The highest BCUT2D eigenvalue weighted by Gasteiger charge is 2.44. The number of hydrogen-bond acceptors (Lipinski definition) is 4. The van der Waals surface area contributed by atoms with Crippen LogP contribution in [0.5, 0.6) is 0 Å². The lowest BCUT2D eigenvalue weighted by Gasteiger charge is -2.44. The van der Waals surface area contributed by atoms with Gasteiger partial charge in [0.2, 0.25) is 0 Å². The van der Waals surface area contributed by atoms with E-state index in [2.05, 4.69) is 0 Å². The number of likely N-dealkylation sites (tertiary alicyclic amines) is 1. The predicted molar refractivity (Wildman–Crippen MR) is 72.7 cm³/mol. The molecule has 0 aliphatic carbocycles. The summed E-state index contributed by atoms with van der Waals surface area (Å²) >= 11 is 0. The molecule has 1 atom stereocenters. The molecule has 1 unspecified atom stereocenters. The Morgan fingerprint density at radius 1 is 1.21 bits per heavy atom. The summed E-state index contributed by atoms with van der Waals surface area (Å²) in [5, 5.41) is -0.250. The van der Waals surface area contributed by atoms with Crippen molar-refractivity contribution in [1.82, 2.24) is 4.90 Å². The van der Waals surface area contributed by atoms with E-state index < -0.39 is 15.4 Å². The second kappa shape index (κ2) is 4.96. The quantitative estimate of drug-likeness (QED) is 0.738. The van der Waals surface area contributed by atoms with E-state index in [-0.39, 0.29) is 17.3 Å². The van der Waals surface area contributed by atoms with Crippen LogP contribution in [0.15, 0.2) is 0 Å². The maximum absolute atomic E-state index is 12.0. The van der Waals surface area contributed by atoms with Gasteiger partial charge in [0.15, 0.2) is 9.84 Å². The van der Waals surface area contributed by atoms with Crippen molar-refractivity contribution in [2.24, 2.45) is 5.92 Å². The molecule has 0 aromatic rings. The number of amides is 1. The molecule has 5 nitrogen and oxygen atoms in total. The van der Waals surface area contributed by atoms with Crippen molar-refractivity contribution < 1.29 is 17.9 Å². The minimum atomic E-state index is -2.95. The molecular formula is C13H23NO4S. The van der Waals surface area contributed by atoms with Crippen LogP contribution in [0.25, 0.3) is 0 Å².